The van der Waals surface area contributed by atoms with E-state index in [9.17, 15) is 9.90 Å². The summed E-state index contributed by atoms with van der Waals surface area (Å²) in [6.45, 7) is 0. The fourth-order valence-corrected chi connectivity index (χ4v) is 4.34. The van der Waals surface area contributed by atoms with E-state index in [0.717, 1.165) is 18.7 Å². The molecule has 0 saturated heterocycles. The highest BCUT2D eigenvalue weighted by Crippen LogP contribution is 2.31. The van der Waals surface area contributed by atoms with Gasteiger partial charge in [-0.05, 0) is 31.0 Å². The zero-order valence-electron chi connectivity index (χ0n) is 17.1. The first-order chi connectivity index (χ1) is 15.2. The van der Waals surface area contributed by atoms with Gasteiger partial charge in [-0.25, -0.2) is 19.2 Å². The van der Waals surface area contributed by atoms with Crippen molar-refractivity contribution < 1.29 is 5.11 Å². The van der Waals surface area contributed by atoms with Gasteiger partial charge in [0.2, 0.25) is 5.88 Å². The van der Waals surface area contributed by atoms with E-state index >= 15 is 0 Å². The number of aromatic nitrogens is 4. The molecule has 0 spiro atoms. The summed E-state index contributed by atoms with van der Waals surface area (Å²) in [5.74, 6) is 0.915. The van der Waals surface area contributed by atoms with Crippen molar-refractivity contribution in [3.63, 3.8) is 0 Å². The smallest absolute Gasteiger partial charge is 0.267 e. The van der Waals surface area contributed by atoms with Crippen LogP contribution in [0.2, 0.25) is 0 Å². The Morgan fingerprint density at radius 3 is 2.52 bits per heavy atom. The predicted octanol–water partition coefficient (Wildman–Crippen LogP) is 4.54. The fraction of sp³-hybridized carbons (Fsp3) is 0.250. The second-order valence-electron chi connectivity index (χ2n) is 7.80. The van der Waals surface area contributed by atoms with Gasteiger partial charge in [-0.3, -0.25) is 4.79 Å². The van der Waals surface area contributed by atoms with Crippen molar-refractivity contribution >= 4 is 22.8 Å². The van der Waals surface area contributed by atoms with E-state index < -0.39 is 0 Å². The second-order valence-corrected chi connectivity index (χ2v) is 7.80. The lowest BCUT2D eigenvalue weighted by atomic mass is 9.96. The van der Waals surface area contributed by atoms with E-state index in [0.29, 0.717) is 28.2 Å². The first kappa shape index (κ1) is 19.2. The van der Waals surface area contributed by atoms with Crippen LogP contribution in [-0.2, 0) is 0 Å². The van der Waals surface area contributed by atoms with Crippen LogP contribution in [0.3, 0.4) is 0 Å². The highest BCUT2D eigenvalue weighted by atomic mass is 16.3. The molecule has 0 amide bonds. The molecule has 5 rings (SSSR count). The van der Waals surface area contributed by atoms with Crippen LogP contribution in [0, 0.1) is 0 Å². The van der Waals surface area contributed by atoms with Crippen molar-refractivity contribution in [2.45, 2.75) is 38.1 Å². The van der Waals surface area contributed by atoms with Gasteiger partial charge >= 0.3 is 0 Å². The van der Waals surface area contributed by atoms with Gasteiger partial charge in [0.25, 0.3) is 5.56 Å². The van der Waals surface area contributed by atoms with Crippen LogP contribution >= 0.6 is 0 Å². The standard InChI is InChI=1S/C24H23N5O2/c30-23-19-11-5-4-10-18(19)20(24(31)28(23)21-12-6-7-14-25-21)16-26-22-13-15-27-29(22)17-8-2-1-3-9-17/h4-7,10-17,31H,1-3,8-9H2/b26-16+. The molecule has 156 valence electrons. The van der Waals surface area contributed by atoms with Crippen LogP contribution in [0.25, 0.3) is 16.6 Å². The first-order valence-corrected chi connectivity index (χ1v) is 10.6. The molecular weight excluding hydrogens is 390 g/mol. The van der Waals surface area contributed by atoms with Crippen LogP contribution in [0.5, 0.6) is 5.88 Å². The van der Waals surface area contributed by atoms with Crippen molar-refractivity contribution in [2.24, 2.45) is 4.99 Å². The SMILES string of the molecule is O=c1c2ccccc2c(/C=N/c2ccnn2C2CCCCC2)c(O)n1-c1ccccn1. The minimum Gasteiger partial charge on any atom is -0.494 e. The molecule has 7 heteroatoms. The number of hydrogen-bond donors (Lipinski definition) is 1. The third-order valence-electron chi connectivity index (χ3n) is 5.88. The fourth-order valence-electron chi connectivity index (χ4n) is 4.34. The molecule has 3 aromatic heterocycles. The minimum absolute atomic E-state index is 0.185. The molecule has 0 atom stereocenters. The molecule has 4 aromatic rings. The Kier molecular flexibility index (Phi) is 5.08. The Hall–Kier alpha value is -3.74. The summed E-state index contributed by atoms with van der Waals surface area (Å²) in [6, 6.07) is 14.7. The van der Waals surface area contributed by atoms with Crippen molar-refractivity contribution in [3.05, 3.63) is 76.8 Å². The Labute approximate surface area is 179 Å². The highest BCUT2D eigenvalue weighted by Gasteiger charge is 2.19. The summed E-state index contributed by atoms with van der Waals surface area (Å²) < 4.78 is 3.20. The lowest BCUT2D eigenvalue weighted by Gasteiger charge is -2.22. The average Bonchev–Trinajstić information content (AvgIpc) is 3.29. The summed E-state index contributed by atoms with van der Waals surface area (Å²) >= 11 is 0. The van der Waals surface area contributed by atoms with E-state index in [4.69, 9.17) is 0 Å². The van der Waals surface area contributed by atoms with Gasteiger partial charge in [0.1, 0.15) is 5.82 Å². The molecule has 1 fully saturated rings. The third-order valence-corrected chi connectivity index (χ3v) is 5.88. The maximum Gasteiger partial charge on any atom is 0.267 e. The van der Waals surface area contributed by atoms with Gasteiger partial charge in [0.05, 0.1) is 17.8 Å². The van der Waals surface area contributed by atoms with Gasteiger partial charge < -0.3 is 5.11 Å². The predicted molar refractivity (Wildman–Crippen MR) is 121 cm³/mol. The zero-order valence-corrected chi connectivity index (χ0v) is 17.1. The molecule has 3 heterocycles. The number of rotatable bonds is 4. The largest absolute Gasteiger partial charge is 0.494 e. The van der Waals surface area contributed by atoms with Crippen molar-refractivity contribution in [3.8, 4) is 11.7 Å². The second kappa shape index (κ2) is 8.18. The quantitative estimate of drug-likeness (QED) is 0.498. The lowest BCUT2D eigenvalue weighted by molar-refractivity contribution is 0.332. The van der Waals surface area contributed by atoms with Crippen LogP contribution in [0.4, 0.5) is 5.82 Å². The molecule has 1 saturated carbocycles. The topological polar surface area (TPSA) is 85.3 Å². The molecule has 0 bridgehead atoms. The van der Waals surface area contributed by atoms with E-state index in [1.165, 1.54) is 23.8 Å². The van der Waals surface area contributed by atoms with Crippen LogP contribution in [0.1, 0.15) is 43.7 Å². The van der Waals surface area contributed by atoms with Crippen molar-refractivity contribution in [1.29, 1.82) is 0 Å². The third kappa shape index (κ3) is 3.52. The number of aliphatic imine (C=N–C) groups is 1. The number of aromatic hydroxyl groups is 1. The van der Waals surface area contributed by atoms with E-state index in [2.05, 4.69) is 15.1 Å². The van der Waals surface area contributed by atoms with Crippen LogP contribution in [0.15, 0.2) is 70.7 Å². The molecule has 0 radical (unpaired) electrons. The van der Waals surface area contributed by atoms with Crippen LogP contribution in [-0.4, -0.2) is 30.7 Å². The van der Waals surface area contributed by atoms with Gasteiger partial charge in [0.15, 0.2) is 5.82 Å². The van der Waals surface area contributed by atoms with Gasteiger partial charge in [0, 0.05) is 29.3 Å². The number of pyridine rings is 2. The Bertz CT molecular complexity index is 1300. The number of benzene rings is 1. The van der Waals surface area contributed by atoms with E-state index in [-0.39, 0.29) is 11.4 Å². The van der Waals surface area contributed by atoms with E-state index in [1.54, 1.807) is 42.9 Å². The van der Waals surface area contributed by atoms with Crippen molar-refractivity contribution in [1.82, 2.24) is 19.3 Å². The Balaban J connectivity index is 1.64. The number of hydrogen-bond acceptors (Lipinski definition) is 5. The van der Waals surface area contributed by atoms with Crippen molar-refractivity contribution in [2.75, 3.05) is 0 Å². The summed E-state index contributed by atoms with van der Waals surface area (Å²) in [7, 11) is 0. The molecule has 7 nitrogen and oxygen atoms in total. The number of nitrogens with zero attached hydrogens (tertiary/aromatic N) is 5. The molecule has 0 aliphatic heterocycles. The maximum absolute atomic E-state index is 13.1. The number of fused-ring (bicyclic) bond motifs is 1. The monoisotopic (exact) mass is 413 g/mol. The molecule has 1 aliphatic rings. The highest BCUT2D eigenvalue weighted by molar-refractivity contribution is 6.02. The van der Waals surface area contributed by atoms with Gasteiger partial charge in [-0.15, -0.1) is 0 Å². The summed E-state index contributed by atoms with van der Waals surface area (Å²) in [4.78, 5) is 22.0. The zero-order chi connectivity index (χ0) is 21.2. The van der Waals surface area contributed by atoms with Crippen LogP contribution < -0.4 is 5.56 Å². The summed E-state index contributed by atoms with van der Waals surface area (Å²) in [5, 5.41) is 16.7. The Morgan fingerprint density at radius 1 is 0.968 bits per heavy atom. The molecule has 1 N–H and O–H groups in total. The molecule has 31 heavy (non-hydrogen) atoms. The van der Waals surface area contributed by atoms with Gasteiger partial charge in [-0.1, -0.05) is 43.5 Å². The lowest BCUT2D eigenvalue weighted by Crippen LogP contribution is -2.21. The average molecular weight is 413 g/mol. The maximum atomic E-state index is 13.1. The normalized spacial score (nSPS) is 15.1. The molecule has 1 aromatic carbocycles. The molecule has 1 aliphatic carbocycles. The van der Waals surface area contributed by atoms with E-state index in [1.807, 2.05) is 28.9 Å². The summed E-state index contributed by atoms with van der Waals surface area (Å²) in [5.41, 5.74) is 0.147. The first-order valence-electron chi connectivity index (χ1n) is 10.6. The Morgan fingerprint density at radius 2 is 1.74 bits per heavy atom. The summed E-state index contributed by atoms with van der Waals surface area (Å²) in [6.07, 6.45) is 10.8. The molecular formula is C24H23N5O2. The van der Waals surface area contributed by atoms with Gasteiger partial charge in [-0.2, -0.15) is 5.10 Å². The molecule has 0 unspecified atom stereocenters. The minimum atomic E-state index is -0.323.